The predicted octanol–water partition coefficient (Wildman–Crippen LogP) is 4.82. The van der Waals surface area contributed by atoms with Gasteiger partial charge in [-0.15, -0.1) is 0 Å². The second-order valence-electron chi connectivity index (χ2n) is 8.07. The fraction of sp³-hybridized carbons (Fsp3) is 0.360. The van der Waals surface area contributed by atoms with Crippen LogP contribution >= 0.6 is 11.8 Å². The number of hydrogen-bond acceptors (Lipinski definition) is 6. The molecule has 2 aromatic rings. The molecule has 0 spiro atoms. The molecule has 2 heterocycles. The van der Waals surface area contributed by atoms with Gasteiger partial charge < -0.3 is 9.64 Å². The van der Waals surface area contributed by atoms with Crippen molar-refractivity contribution in [1.29, 1.82) is 0 Å². The second-order valence-corrected chi connectivity index (χ2v) is 9.07. The van der Waals surface area contributed by atoms with Crippen LogP contribution in [0, 0.1) is 5.82 Å². The lowest BCUT2D eigenvalue weighted by Gasteiger charge is -2.37. The molecule has 2 fully saturated rings. The molecule has 0 atom stereocenters. The number of anilines is 1. The maximum atomic E-state index is 13.2. The molecule has 33 heavy (non-hydrogen) atoms. The standard InChI is InChI=1S/C25H28FN3O3S/c1-2-3-16-32-22-7-5-4-6-19(22)17-23-24(30)29(25(31)33-23)18-27-12-14-28(15-13-27)21-10-8-20(26)9-11-21/h4-11,17H,2-3,12-16,18H2,1H3. The average molecular weight is 470 g/mol. The molecule has 0 unspecified atom stereocenters. The number of imide groups is 1. The van der Waals surface area contributed by atoms with E-state index < -0.39 is 0 Å². The lowest BCUT2D eigenvalue weighted by Crippen LogP contribution is -2.50. The van der Waals surface area contributed by atoms with E-state index in [9.17, 15) is 14.0 Å². The van der Waals surface area contributed by atoms with Gasteiger partial charge in [-0.2, -0.15) is 0 Å². The van der Waals surface area contributed by atoms with Crippen LogP contribution in [0.1, 0.15) is 25.3 Å². The summed E-state index contributed by atoms with van der Waals surface area (Å²) in [6.45, 7) is 5.92. The number of piperazine rings is 1. The number of carbonyl (C=O) groups is 2. The van der Waals surface area contributed by atoms with Gasteiger partial charge >= 0.3 is 0 Å². The molecule has 2 saturated heterocycles. The Morgan fingerprint density at radius 1 is 1.03 bits per heavy atom. The van der Waals surface area contributed by atoms with Crippen LogP contribution in [0.15, 0.2) is 53.4 Å². The van der Waals surface area contributed by atoms with Crippen LogP contribution in [0.5, 0.6) is 5.75 Å². The molecule has 2 aliphatic rings. The zero-order valence-electron chi connectivity index (χ0n) is 18.7. The van der Waals surface area contributed by atoms with Crippen molar-refractivity contribution in [1.82, 2.24) is 9.80 Å². The van der Waals surface area contributed by atoms with Crippen LogP contribution in [-0.4, -0.2) is 60.4 Å². The Morgan fingerprint density at radius 2 is 1.76 bits per heavy atom. The van der Waals surface area contributed by atoms with Crippen molar-refractivity contribution in [2.45, 2.75) is 19.8 Å². The number of amides is 2. The van der Waals surface area contributed by atoms with Crippen LogP contribution in [-0.2, 0) is 4.79 Å². The maximum absolute atomic E-state index is 13.2. The zero-order chi connectivity index (χ0) is 23.2. The first-order chi connectivity index (χ1) is 16.0. The molecule has 0 radical (unpaired) electrons. The number of hydrogen-bond donors (Lipinski definition) is 0. The van der Waals surface area contributed by atoms with Gasteiger partial charge in [-0.05, 0) is 54.6 Å². The topological polar surface area (TPSA) is 53.1 Å². The minimum absolute atomic E-state index is 0.250. The monoisotopic (exact) mass is 469 g/mol. The van der Waals surface area contributed by atoms with Crippen molar-refractivity contribution in [2.24, 2.45) is 0 Å². The molecule has 0 N–H and O–H groups in total. The third kappa shape index (κ3) is 5.75. The summed E-state index contributed by atoms with van der Waals surface area (Å²) in [7, 11) is 0. The fourth-order valence-electron chi connectivity index (χ4n) is 3.82. The lowest BCUT2D eigenvalue weighted by atomic mass is 10.2. The number of ether oxygens (including phenoxy) is 1. The smallest absolute Gasteiger partial charge is 0.294 e. The number of unbranched alkanes of at least 4 members (excludes halogenated alkanes) is 1. The van der Waals surface area contributed by atoms with E-state index >= 15 is 0 Å². The Hall–Kier alpha value is -2.84. The number of halogens is 1. The highest BCUT2D eigenvalue weighted by atomic mass is 32.2. The molecule has 2 amide bonds. The van der Waals surface area contributed by atoms with Crippen molar-refractivity contribution in [3.05, 3.63) is 64.8 Å². The largest absolute Gasteiger partial charge is 0.493 e. The maximum Gasteiger partial charge on any atom is 0.294 e. The number of thioether (sulfide) groups is 1. The molecule has 2 aliphatic heterocycles. The van der Waals surface area contributed by atoms with Crippen LogP contribution < -0.4 is 9.64 Å². The molecule has 6 nitrogen and oxygen atoms in total. The molecule has 0 aliphatic carbocycles. The highest BCUT2D eigenvalue weighted by Crippen LogP contribution is 2.34. The summed E-state index contributed by atoms with van der Waals surface area (Å²) in [6.07, 6.45) is 3.75. The van der Waals surface area contributed by atoms with Crippen LogP contribution in [0.25, 0.3) is 6.08 Å². The van der Waals surface area contributed by atoms with Crippen molar-refractivity contribution in [3.63, 3.8) is 0 Å². The van der Waals surface area contributed by atoms with E-state index in [0.29, 0.717) is 24.6 Å². The summed E-state index contributed by atoms with van der Waals surface area (Å²) in [6, 6.07) is 14.0. The van der Waals surface area contributed by atoms with Gasteiger partial charge in [0.2, 0.25) is 0 Å². The van der Waals surface area contributed by atoms with Gasteiger partial charge in [0, 0.05) is 37.4 Å². The first kappa shape index (κ1) is 23.3. The highest BCUT2D eigenvalue weighted by Gasteiger charge is 2.36. The quantitative estimate of drug-likeness (QED) is 0.408. The molecular formula is C25H28FN3O3S. The first-order valence-corrected chi connectivity index (χ1v) is 12.1. The van der Waals surface area contributed by atoms with Gasteiger partial charge in [0.1, 0.15) is 11.6 Å². The molecule has 174 valence electrons. The number of rotatable bonds is 8. The summed E-state index contributed by atoms with van der Waals surface area (Å²) in [5, 5.41) is -0.253. The van der Waals surface area contributed by atoms with Crippen molar-refractivity contribution in [2.75, 3.05) is 44.4 Å². The normalized spacial score (nSPS) is 18.4. The number of para-hydroxylation sites is 1. The number of nitrogens with zero attached hydrogens (tertiary/aromatic N) is 3. The van der Waals surface area contributed by atoms with E-state index in [0.717, 1.165) is 54.7 Å². The molecule has 4 rings (SSSR count). The van der Waals surface area contributed by atoms with Gasteiger partial charge in [0.25, 0.3) is 11.1 Å². The number of benzene rings is 2. The SMILES string of the molecule is CCCCOc1ccccc1C=C1SC(=O)N(CN2CCN(c3ccc(F)cc3)CC2)C1=O. The molecule has 0 bridgehead atoms. The van der Waals surface area contributed by atoms with E-state index in [1.54, 1.807) is 18.2 Å². The molecule has 0 saturated carbocycles. The molecule has 8 heteroatoms. The summed E-state index contributed by atoms with van der Waals surface area (Å²) >= 11 is 0.971. The molecular weight excluding hydrogens is 441 g/mol. The minimum Gasteiger partial charge on any atom is -0.493 e. The Labute approximate surface area is 198 Å². The third-order valence-corrected chi connectivity index (χ3v) is 6.65. The van der Waals surface area contributed by atoms with Crippen LogP contribution in [0.3, 0.4) is 0 Å². The fourth-order valence-corrected chi connectivity index (χ4v) is 4.64. The van der Waals surface area contributed by atoms with Crippen LogP contribution in [0.4, 0.5) is 14.9 Å². The van der Waals surface area contributed by atoms with Gasteiger partial charge in [0.15, 0.2) is 0 Å². The van der Waals surface area contributed by atoms with Crippen LogP contribution in [0.2, 0.25) is 0 Å². The van der Waals surface area contributed by atoms with Crippen molar-refractivity contribution >= 4 is 34.7 Å². The second kappa shape index (κ2) is 10.9. The molecule has 2 aromatic carbocycles. The van der Waals surface area contributed by atoms with Crippen molar-refractivity contribution < 1.29 is 18.7 Å². The lowest BCUT2D eigenvalue weighted by molar-refractivity contribution is -0.124. The third-order valence-electron chi connectivity index (χ3n) is 5.74. The summed E-state index contributed by atoms with van der Waals surface area (Å²) < 4.78 is 19.0. The van der Waals surface area contributed by atoms with Gasteiger partial charge in [-0.3, -0.25) is 19.4 Å². The Balaban J connectivity index is 1.37. The van der Waals surface area contributed by atoms with Crippen molar-refractivity contribution in [3.8, 4) is 5.75 Å². The van der Waals surface area contributed by atoms with E-state index in [1.807, 2.05) is 24.3 Å². The van der Waals surface area contributed by atoms with Gasteiger partial charge in [0.05, 0.1) is 18.2 Å². The Bertz CT molecular complexity index is 1020. The Kier molecular flexibility index (Phi) is 7.67. The van der Waals surface area contributed by atoms with E-state index in [1.165, 1.54) is 17.0 Å². The Morgan fingerprint density at radius 3 is 2.48 bits per heavy atom. The van der Waals surface area contributed by atoms with Gasteiger partial charge in [-0.1, -0.05) is 31.5 Å². The van der Waals surface area contributed by atoms with Gasteiger partial charge in [-0.25, -0.2) is 4.39 Å². The summed E-state index contributed by atoms with van der Waals surface area (Å²) in [5.41, 5.74) is 1.77. The first-order valence-electron chi connectivity index (χ1n) is 11.2. The predicted molar refractivity (Wildman–Crippen MR) is 130 cm³/mol. The summed E-state index contributed by atoms with van der Waals surface area (Å²) in [4.78, 5) is 31.6. The zero-order valence-corrected chi connectivity index (χ0v) is 19.5. The number of carbonyl (C=O) groups excluding carboxylic acids is 2. The minimum atomic E-state index is -0.269. The molecule has 0 aromatic heterocycles. The van der Waals surface area contributed by atoms with E-state index in [-0.39, 0.29) is 23.6 Å². The highest BCUT2D eigenvalue weighted by molar-refractivity contribution is 8.18. The average Bonchev–Trinajstić information content (AvgIpc) is 3.09. The summed E-state index contributed by atoms with van der Waals surface area (Å²) in [5.74, 6) is 0.198. The van der Waals surface area contributed by atoms with E-state index in [4.69, 9.17) is 4.74 Å². The van der Waals surface area contributed by atoms with E-state index in [2.05, 4.69) is 16.7 Å².